The highest BCUT2D eigenvalue weighted by molar-refractivity contribution is 7.09. The van der Waals surface area contributed by atoms with Crippen molar-refractivity contribution in [2.75, 3.05) is 20.7 Å². The molecule has 1 heterocycles. The SMILES string of the molecule is COC(=O)C(CN(C)Cc1cccs1)C(C)C. The van der Waals surface area contributed by atoms with E-state index in [1.165, 1.54) is 12.0 Å². The minimum absolute atomic E-state index is 0.0510. The van der Waals surface area contributed by atoms with Crippen LogP contribution in [-0.2, 0) is 16.1 Å². The molecule has 96 valence electrons. The normalized spacial score (nSPS) is 13.1. The van der Waals surface area contributed by atoms with Crippen LogP contribution in [0.25, 0.3) is 0 Å². The Labute approximate surface area is 107 Å². The molecule has 1 rings (SSSR count). The van der Waals surface area contributed by atoms with Crippen LogP contribution in [0.5, 0.6) is 0 Å². The first-order valence-electron chi connectivity index (χ1n) is 5.83. The summed E-state index contributed by atoms with van der Waals surface area (Å²) in [5, 5.41) is 2.07. The topological polar surface area (TPSA) is 29.5 Å². The third-order valence-corrected chi connectivity index (χ3v) is 3.68. The van der Waals surface area contributed by atoms with Crippen LogP contribution in [-0.4, -0.2) is 31.6 Å². The highest BCUT2D eigenvalue weighted by Gasteiger charge is 2.24. The molecule has 1 aromatic rings. The highest BCUT2D eigenvalue weighted by atomic mass is 32.1. The second-order valence-corrected chi connectivity index (χ2v) is 5.68. The van der Waals surface area contributed by atoms with Gasteiger partial charge in [0.1, 0.15) is 0 Å². The summed E-state index contributed by atoms with van der Waals surface area (Å²) in [7, 11) is 3.50. The van der Waals surface area contributed by atoms with Gasteiger partial charge in [-0.25, -0.2) is 0 Å². The predicted molar refractivity (Wildman–Crippen MR) is 71.0 cm³/mol. The monoisotopic (exact) mass is 255 g/mol. The van der Waals surface area contributed by atoms with Crippen LogP contribution in [0.1, 0.15) is 18.7 Å². The number of hydrogen-bond donors (Lipinski definition) is 0. The number of rotatable bonds is 6. The van der Waals surface area contributed by atoms with E-state index in [1.54, 1.807) is 11.3 Å². The number of ether oxygens (including phenoxy) is 1. The van der Waals surface area contributed by atoms with Crippen LogP contribution < -0.4 is 0 Å². The second-order valence-electron chi connectivity index (χ2n) is 4.65. The molecule has 0 amide bonds. The Morgan fingerprint density at radius 1 is 1.53 bits per heavy atom. The molecule has 0 N–H and O–H groups in total. The Kier molecular flexibility index (Phi) is 5.65. The summed E-state index contributed by atoms with van der Waals surface area (Å²) in [6, 6.07) is 4.16. The largest absolute Gasteiger partial charge is 0.469 e. The van der Waals surface area contributed by atoms with Crippen LogP contribution in [0, 0.1) is 11.8 Å². The maximum atomic E-state index is 11.6. The van der Waals surface area contributed by atoms with E-state index in [0.717, 1.165) is 13.1 Å². The fourth-order valence-corrected chi connectivity index (χ4v) is 2.56. The Morgan fingerprint density at radius 2 is 2.24 bits per heavy atom. The fourth-order valence-electron chi connectivity index (χ4n) is 1.78. The smallest absolute Gasteiger partial charge is 0.310 e. The van der Waals surface area contributed by atoms with Crippen LogP contribution >= 0.6 is 11.3 Å². The van der Waals surface area contributed by atoms with Crippen molar-refractivity contribution in [2.24, 2.45) is 11.8 Å². The molecule has 0 aliphatic carbocycles. The van der Waals surface area contributed by atoms with Crippen molar-refractivity contribution in [1.29, 1.82) is 0 Å². The van der Waals surface area contributed by atoms with Crippen molar-refractivity contribution in [2.45, 2.75) is 20.4 Å². The molecule has 4 heteroatoms. The number of methoxy groups -OCH3 is 1. The van der Waals surface area contributed by atoms with Gasteiger partial charge < -0.3 is 9.64 Å². The zero-order valence-electron chi connectivity index (χ0n) is 11.0. The van der Waals surface area contributed by atoms with Crippen molar-refractivity contribution in [3.63, 3.8) is 0 Å². The van der Waals surface area contributed by atoms with Crippen molar-refractivity contribution in [3.05, 3.63) is 22.4 Å². The molecule has 0 saturated heterocycles. The average Bonchev–Trinajstić information content (AvgIpc) is 2.77. The van der Waals surface area contributed by atoms with Crippen LogP contribution in [0.4, 0.5) is 0 Å². The zero-order chi connectivity index (χ0) is 12.8. The zero-order valence-corrected chi connectivity index (χ0v) is 11.8. The van der Waals surface area contributed by atoms with Gasteiger partial charge >= 0.3 is 5.97 Å². The lowest BCUT2D eigenvalue weighted by molar-refractivity contribution is -0.147. The van der Waals surface area contributed by atoms with E-state index < -0.39 is 0 Å². The van der Waals surface area contributed by atoms with E-state index in [4.69, 9.17) is 4.74 Å². The Morgan fingerprint density at radius 3 is 2.71 bits per heavy atom. The summed E-state index contributed by atoms with van der Waals surface area (Å²) >= 11 is 1.74. The lowest BCUT2D eigenvalue weighted by atomic mass is 9.95. The molecule has 1 unspecified atom stereocenters. The predicted octanol–water partition coefficient (Wildman–Crippen LogP) is 2.63. The lowest BCUT2D eigenvalue weighted by Crippen LogP contribution is -2.33. The first kappa shape index (κ1) is 14.2. The molecule has 0 aromatic carbocycles. The number of carbonyl (C=O) groups is 1. The van der Waals surface area contributed by atoms with Crippen LogP contribution in [0.3, 0.4) is 0 Å². The maximum Gasteiger partial charge on any atom is 0.310 e. The summed E-state index contributed by atoms with van der Waals surface area (Å²) < 4.78 is 4.85. The summed E-state index contributed by atoms with van der Waals surface area (Å²) in [5.74, 6) is 0.135. The number of hydrogen-bond acceptors (Lipinski definition) is 4. The molecule has 0 radical (unpaired) electrons. The Balaban J connectivity index is 2.52. The van der Waals surface area contributed by atoms with Gasteiger partial charge in [-0.05, 0) is 24.4 Å². The van der Waals surface area contributed by atoms with Crippen LogP contribution in [0.15, 0.2) is 17.5 Å². The van der Waals surface area contributed by atoms with Crippen molar-refractivity contribution in [3.8, 4) is 0 Å². The third-order valence-electron chi connectivity index (χ3n) is 2.82. The first-order valence-corrected chi connectivity index (χ1v) is 6.71. The Hall–Kier alpha value is -0.870. The summed E-state index contributed by atoms with van der Waals surface area (Å²) in [4.78, 5) is 15.1. The molecule has 1 atom stereocenters. The number of carbonyl (C=O) groups excluding carboxylic acids is 1. The van der Waals surface area contributed by atoms with E-state index in [1.807, 2.05) is 13.1 Å². The molecule has 1 aromatic heterocycles. The van der Waals surface area contributed by atoms with Gasteiger partial charge in [-0.1, -0.05) is 19.9 Å². The molecule has 0 saturated carbocycles. The first-order chi connectivity index (χ1) is 8.04. The molecule has 0 aliphatic heterocycles. The second kappa shape index (κ2) is 6.77. The number of thiophene rings is 1. The summed E-state index contributed by atoms with van der Waals surface area (Å²) in [5.41, 5.74) is 0. The molecular formula is C13H21NO2S. The molecule has 3 nitrogen and oxygen atoms in total. The molecule has 0 fully saturated rings. The van der Waals surface area contributed by atoms with Crippen LogP contribution in [0.2, 0.25) is 0 Å². The van der Waals surface area contributed by atoms with E-state index in [9.17, 15) is 4.79 Å². The molecule has 17 heavy (non-hydrogen) atoms. The van der Waals surface area contributed by atoms with E-state index in [0.29, 0.717) is 5.92 Å². The summed E-state index contributed by atoms with van der Waals surface area (Å²) in [6.07, 6.45) is 0. The van der Waals surface area contributed by atoms with Gasteiger partial charge in [0, 0.05) is 18.0 Å². The Bertz CT molecular complexity index is 335. The standard InChI is InChI=1S/C13H21NO2S/c1-10(2)12(13(15)16-4)9-14(3)8-11-6-5-7-17-11/h5-7,10,12H,8-9H2,1-4H3. The van der Waals surface area contributed by atoms with Gasteiger partial charge in [0.25, 0.3) is 0 Å². The van der Waals surface area contributed by atoms with Gasteiger partial charge in [-0.2, -0.15) is 0 Å². The maximum absolute atomic E-state index is 11.6. The highest BCUT2D eigenvalue weighted by Crippen LogP contribution is 2.17. The minimum Gasteiger partial charge on any atom is -0.469 e. The van der Waals surface area contributed by atoms with Crippen molar-refractivity contribution < 1.29 is 9.53 Å². The number of nitrogens with zero attached hydrogens (tertiary/aromatic N) is 1. The minimum atomic E-state index is -0.113. The van der Waals surface area contributed by atoms with E-state index in [2.05, 4.69) is 30.2 Å². The van der Waals surface area contributed by atoms with Crippen molar-refractivity contribution in [1.82, 2.24) is 4.90 Å². The summed E-state index contributed by atoms with van der Waals surface area (Å²) in [6.45, 7) is 5.74. The van der Waals surface area contributed by atoms with Gasteiger partial charge in [0.05, 0.1) is 13.0 Å². The van der Waals surface area contributed by atoms with Gasteiger partial charge in [-0.3, -0.25) is 4.79 Å². The van der Waals surface area contributed by atoms with Gasteiger partial charge in [0.2, 0.25) is 0 Å². The van der Waals surface area contributed by atoms with E-state index >= 15 is 0 Å². The molecule has 0 spiro atoms. The molecule has 0 aliphatic rings. The van der Waals surface area contributed by atoms with Crippen molar-refractivity contribution >= 4 is 17.3 Å². The fraction of sp³-hybridized carbons (Fsp3) is 0.615. The number of esters is 1. The van der Waals surface area contributed by atoms with Gasteiger partial charge in [0.15, 0.2) is 0 Å². The van der Waals surface area contributed by atoms with Gasteiger partial charge in [-0.15, -0.1) is 11.3 Å². The van der Waals surface area contributed by atoms with E-state index in [-0.39, 0.29) is 11.9 Å². The molecular weight excluding hydrogens is 234 g/mol. The quantitative estimate of drug-likeness (QED) is 0.732. The third kappa shape index (κ3) is 4.48. The molecule has 0 bridgehead atoms. The lowest BCUT2D eigenvalue weighted by Gasteiger charge is -2.24. The average molecular weight is 255 g/mol.